The molecule has 0 fully saturated rings. The minimum absolute atomic E-state index is 0.295. The van der Waals surface area contributed by atoms with E-state index in [1.165, 1.54) is 6.42 Å². The average molecular weight is 286 g/mol. The van der Waals surface area contributed by atoms with Gasteiger partial charge in [0.1, 0.15) is 5.60 Å². The molecular weight excluding hydrogens is 252 g/mol. The summed E-state index contributed by atoms with van der Waals surface area (Å²) in [5, 5.41) is 6.47. The number of hydrogen-bond donors (Lipinski definition) is 2. The molecule has 1 amide bonds. The maximum Gasteiger partial charge on any atom is 0.407 e. The lowest BCUT2D eigenvalue weighted by Crippen LogP contribution is -2.46. The summed E-state index contributed by atoms with van der Waals surface area (Å²) >= 11 is 0. The van der Waals surface area contributed by atoms with Crippen LogP contribution in [0.3, 0.4) is 0 Å². The summed E-state index contributed by atoms with van der Waals surface area (Å²) < 4.78 is 5.27. The van der Waals surface area contributed by atoms with E-state index in [1.54, 1.807) is 0 Å². The second-order valence-corrected chi connectivity index (χ2v) is 7.07. The fraction of sp³-hybridized carbons (Fsp3) is 0.938. The van der Waals surface area contributed by atoms with Crippen molar-refractivity contribution in [3.05, 3.63) is 0 Å². The van der Waals surface area contributed by atoms with Crippen LogP contribution in [0.2, 0.25) is 0 Å². The van der Waals surface area contributed by atoms with E-state index in [1.807, 2.05) is 20.8 Å². The molecular formula is C16H34N2O2. The molecule has 4 heteroatoms. The second-order valence-electron chi connectivity index (χ2n) is 7.07. The van der Waals surface area contributed by atoms with Gasteiger partial charge in [0.2, 0.25) is 0 Å². The summed E-state index contributed by atoms with van der Waals surface area (Å²) in [6, 6.07) is 0.772. The Morgan fingerprint density at radius 1 is 1.20 bits per heavy atom. The minimum atomic E-state index is -0.444. The molecule has 2 atom stereocenters. The lowest BCUT2D eigenvalue weighted by molar-refractivity contribution is 0.0520. The van der Waals surface area contributed by atoms with Crippen molar-refractivity contribution in [3.63, 3.8) is 0 Å². The van der Waals surface area contributed by atoms with Crippen LogP contribution in [0.15, 0.2) is 0 Å². The van der Waals surface area contributed by atoms with E-state index in [2.05, 4.69) is 38.3 Å². The van der Waals surface area contributed by atoms with E-state index in [9.17, 15) is 4.79 Å². The molecule has 0 saturated carbocycles. The minimum Gasteiger partial charge on any atom is -0.444 e. The molecule has 0 bridgehead atoms. The van der Waals surface area contributed by atoms with Crippen LogP contribution in [-0.4, -0.2) is 30.3 Å². The van der Waals surface area contributed by atoms with Gasteiger partial charge in [-0.2, -0.15) is 0 Å². The molecule has 0 aromatic heterocycles. The van der Waals surface area contributed by atoms with Gasteiger partial charge in [-0.3, -0.25) is 0 Å². The van der Waals surface area contributed by atoms with Crippen LogP contribution in [0.4, 0.5) is 4.79 Å². The maximum atomic E-state index is 11.7. The molecule has 2 unspecified atom stereocenters. The van der Waals surface area contributed by atoms with Crippen molar-refractivity contribution in [2.24, 2.45) is 5.92 Å². The van der Waals surface area contributed by atoms with Gasteiger partial charge < -0.3 is 15.4 Å². The van der Waals surface area contributed by atoms with Crippen LogP contribution in [0.25, 0.3) is 0 Å². The molecule has 0 aromatic carbocycles. The van der Waals surface area contributed by atoms with Crippen molar-refractivity contribution in [3.8, 4) is 0 Å². The summed E-state index contributed by atoms with van der Waals surface area (Å²) in [5.74, 6) is 0.599. The lowest BCUT2D eigenvalue weighted by Gasteiger charge is -2.26. The number of ether oxygens (including phenoxy) is 1. The molecule has 20 heavy (non-hydrogen) atoms. The Labute approximate surface area is 125 Å². The number of hydrogen-bond acceptors (Lipinski definition) is 3. The van der Waals surface area contributed by atoms with E-state index in [-0.39, 0.29) is 6.09 Å². The quantitative estimate of drug-likeness (QED) is 0.715. The van der Waals surface area contributed by atoms with Crippen molar-refractivity contribution in [1.29, 1.82) is 0 Å². The Bertz CT molecular complexity index is 272. The highest BCUT2D eigenvalue weighted by Crippen LogP contribution is 2.09. The monoisotopic (exact) mass is 286 g/mol. The molecule has 120 valence electrons. The van der Waals surface area contributed by atoms with Crippen LogP contribution < -0.4 is 10.6 Å². The van der Waals surface area contributed by atoms with Gasteiger partial charge in [-0.15, -0.1) is 0 Å². The van der Waals surface area contributed by atoms with Crippen molar-refractivity contribution in [2.75, 3.05) is 6.54 Å². The Morgan fingerprint density at radius 3 is 2.25 bits per heavy atom. The Balaban J connectivity index is 4.25. The lowest BCUT2D eigenvalue weighted by atomic mass is 10.0. The van der Waals surface area contributed by atoms with Gasteiger partial charge in [0.25, 0.3) is 0 Å². The van der Waals surface area contributed by atoms with Gasteiger partial charge in [0.15, 0.2) is 0 Å². The third kappa shape index (κ3) is 11.1. The summed E-state index contributed by atoms with van der Waals surface area (Å²) in [6.07, 6.45) is 3.03. The summed E-state index contributed by atoms with van der Waals surface area (Å²) in [6.45, 7) is 15.0. The van der Waals surface area contributed by atoms with Crippen LogP contribution in [0.5, 0.6) is 0 Å². The van der Waals surface area contributed by atoms with Crippen LogP contribution >= 0.6 is 0 Å². The molecule has 0 aliphatic carbocycles. The van der Waals surface area contributed by atoms with Crippen LogP contribution in [0, 0.1) is 5.92 Å². The molecule has 0 spiro atoms. The van der Waals surface area contributed by atoms with Gasteiger partial charge in [-0.1, -0.05) is 27.2 Å². The highest BCUT2D eigenvalue weighted by molar-refractivity contribution is 5.67. The molecule has 0 aliphatic heterocycles. The molecule has 4 nitrogen and oxygen atoms in total. The predicted octanol–water partition coefficient (Wildman–Crippen LogP) is 3.70. The molecule has 0 aromatic rings. The van der Waals surface area contributed by atoms with E-state index in [0.29, 0.717) is 24.5 Å². The third-order valence-corrected chi connectivity index (χ3v) is 2.89. The second kappa shape index (κ2) is 9.22. The standard InChI is InChI=1S/C16H34N2O2/c1-8-9-13(4)18-14(10-12(2)3)11-17-15(19)20-16(5,6)7/h12-14,18H,8-11H2,1-7H3,(H,17,19). The average Bonchev–Trinajstić information content (AvgIpc) is 2.23. The maximum absolute atomic E-state index is 11.7. The molecule has 0 saturated heterocycles. The van der Waals surface area contributed by atoms with Gasteiger partial charge >= 0.3 is 6.09 Å². The zero-order valence-corrected chi connectivity index (χ0v) is 14.4. The van der Waals surface area contributed by atoms with Crippen molar-refractivity contribution >= 4 is 6.09 Å². The predicted molar refractivity (Wildman–Crippen MR) is 85.0 cm³/mol. The smallest absolute Gasteiger partial charge is 0.407 e. The molecule has 2 N–H and O–H groups in total. The van der Waals surface area contributed by atoms with E-state index in [4.69, 9.17) is 4.74 Å². The Kier molecular flexibility index (Phi) is 8.86. The number of alkyl carbamates (subject to hydrolysis) is 1. The molecule has 0 rings (SSSR count). The van der Waals surface area contributed by atoms with E-state index >= 15 is 0 Å². The van der Waals surface area contributed by atoms with Crippen molar-refractivity contribution < 1.29 is 9.53 Å². The molecule has 0 heterocycles. The zero-order chi connectivity index (χ0) is 15.8. The van der Waals surface area contributed by atoms with Gasteiger partial charge in [0, 0.05) is 18.6 Å². The van der Waals surface area contributed by atoms with Gasteiger partial charge in [0.05, 0.1) is 0 Å². The molecule has 0 aliphatic rings. The number of nitrogens with one attached hydrogen (secondary N) is 2. The normalized spacial score (nSPS) is 15.0. The first-order chi connectivity index (χ1) is 9.14. The fourth-order valence-corrected chi connectivity index (χ4v) is 2.22. The number of rotatable bonds is 8. The third-order valence-electron chi connectivity index (χ3n) is 2.89. The number of amides is 1. The highest BCUT2D eigenvalue weighted by atomic mass is 16.6. The SMILES string of the molecule is CCCC(C)NC(CNC(=O)OC(C)(C)C)CC(C)C. The summed E-state index contributed by atoms with van der Waals surface area (Å²) in [4.78, 5) is 11.7. The molecule has 0 radical (unpaired) electrons. The van der Waals surface area contributed by atoms with Gasteiger partial charge in [-0.05, 0) is 46.5 Å². The van der Waals surface area contributed by atoms with Crippen molar-refractivity contribution in [2.45, 2.75) is 85.4 Å². The summed E-state index contributed by atoms with van der Waals surface area (Å²) in [5.41, 5.74) is -0.444. The first-order valence-corrected chi connectivity index (χ1v) is 7.87. The summed E-state index contributed by atoms with van der Waals surface area (Å²) in [7, 11) is 0. The van der Waals surface area contributed by atoms with E-state index < -0.39 is 5.60 Å². The topological polar surface area (TPSA) is 50.4 Å². The number of carbonyl (C=O) groups excluding carboxylic acids is 1. The Morgan fingerprint density at radius 2 is 1.80 bits per heavy atom. The fourth-order valence-electron chi connectivity index (χ4n) is 2.22. The van der Waals surface area contributed by atoms with E-state index in [0.717, 1.165) is 12.8 Å². The Hall–Kier alpha value is -0.770. The van der Waals surface area contributed by atoms with Crippen LogP contribution in [0.1, 0.15) is 67.7 Å². The number of carbonyl (C=O) groups is 1. The van der Waals surface area contributed by atoms with Crippen LogP contribution in [-0.2, 0) is 4.74 Å². The first-order valence-electron chi connectivity index (χ1n) is 7.87. The van der Waals surface area contributed by atoms with Gasteiger partial charge in [-0.25, -0.2) is 4.79 Å². The first kappa shape index (κ1) is 19.2. The zero-order valence-electron chi connectivity index (χ0n) is 14.4. The largest absolute Gasteiger partial charge is 0.444 e. The highest BCUT2D eigenvalue weighted by Gasteiger charge is 2.18. The van der Waals surface area contributed by atoms with Crippen molar-refractivity contribution in [1.82, 2.24) is 10.6 Å².